The van der Waals surface area contributed by atoms with Crippen molar-refractivity contribution >= 4 is 23.5 Å². The van der Waals surface area contributed by atoms with Crippen LogP contribution in [0.15, 0.2) is 52.0 Å². The Morgan fingerprint density at radius 3 is 2.76 bits per heavy atom. The predicted octanol–water partition coefficient (Wildman–Crippen LogP) is 3.03. The van der Waals surface area contributed by atoms with Gasteiger partial charge < -0.3 is 20.2 Å². The van der Waals surface area contributed by atoms with Crippen molar-refractivity contribution in [2.75, 3.05) is 18.1 Å². The highest BCUT2D eigenvalue weighted by Gasteiger charge is 2.26. The maximum Gasteiger partial charge on any atom is 0.319 e. The predicted molar refractivity (Wildman–Crippen MR) is 83.5 cm³/mol. The average molecular weight is 306 g/mol. The fourth-order valence-corrected chi connectivity index (χ4v) is 2.39. The molecule has 0 fully saturated rings. The number of urea groups is 1. The van der Waals surface area contributed by atoms with E-state index in [4.69, 9.17) is 4.42 Å². The first-order valence-corrected chi connectivity index (χ1v) is 7.69. The third-order valence-corrected chi connectivity index (χ3v) is 3.80. The molecule has 1 unspecified atom stereocenters. The molecule has 112 valence electrons. The summed E-state index contributed by atoms with van der Waals surface area (Å²) in [5.74, 6) is 0.410. The summed E-state index contributed by atoms with van der Waals surface area (Å²) in [6.07, 6.45) is 3.43. The van der Waals surface area contributed by atoms with Crippen LogP contribution in [-0.2, 0) is 5.60 Å². The molecule has 21 heavy (non-hydrogen) atoms. The number of nitrogens with one attached hydrogen (secondary N) is 2. The summed E-state index contributed by atoms with van der Waals surface area (Å²) < 4.78 is 5.16. The number of carbonyl (C=O) groups is 1. The van der Waals surface area contributed by atoms with Crippen LogP contribution in [-0.4, -0.2) is 23.9 Å². The molecule has 0 bridgehead atoms. The standard InChI is InChI=1S/C15H18N2O3S/c1-15(19,13-8-5-9-20-13)10-16-14(18)17-11-6-3-4-7-12(11)21-2/h3-9,19H,10H2,1-2H3,(H2,16,17,18). The Hall–Kier alpha value is -1.92. The van der Waals surface area contributed by atoms with E-state index in [1.807, 2.05) is 30.5 Å². The van der Waals surface area contributed by atoms with Gasteiger partial charge in [0.1, 0.15) is 11.4 Å². The second kappa shape index (κ2) is 6.69. The van der Waals surface area contributed by atoms with Gasteiger partial charge in [-0.2, -0.15) is 0 Å². The van der Waals surface area contributed by atoms with Gasteiger partial charge in [0.05, 0.1) is 18.5 Å². The summed E-state index contributed by atoms with van der Waals surface area (Å²) in [4.78, 5) is 12.9. The molecule has 2 aromatic rings. The molecular formula is C15H18N2O3S. The Bertz CT molecular complexity index is 597. The Balaban J connectivity index is 1.93. The fraction of sp³-hybridized carbons (Fsp3) is 0.267. The van der Waals surface area contributed by atoms with Crippen LogP contribution in [0.2, 0.25) is 0 Å². The third kappa shape index (κ3) is 4.03. The topological polar surface area (TPSA) is 74.5 Å². The van der Waals surface area contributed by atoms with E-state index < -0.39 is 5.60 Å². The number of amides is 2. The van der Waals surface area contributed by atoms with Crippen LogP contribution in [0.25, 0.3) is 0 Å². The summed E-state index contributed by atoms with van der Waals surface area (Å²) >= 11 is 1.55. The fourth-order valence-electron chi connectivity index (χ4n) is 1.84. The lowest BCUT2D eigenvalue weighted by molar-refractivity contribution is 0.0372. The van der Waals surface area contributed by atoms with Gasteiger partial charge in [0.15, 0.2) is 0 Å². The van der Waals surface area contributed by atoms with Crippen LogP contribution < -0.4 is 10.6 Å². The van der Waals surface area contributed by atoms with Crippen LogP contribution >= 0.6 is 11.8 Å². The van der Waals surface area contributed by atoms with Crippen molar-refractivity contribution in [2.45, 2.75) is 17.4 Å². The number of thioether (sulfide) groups is 1. The van der Waals surface area contributed by atoms with Gasteiger partial charge in [0, 0.05) is 4.90 Å². The third-order valence-electron chi connectivity index (χ3n) is 3.00. The van der Waals surface area contributed by atoms with E-state index in [0.717, 1.165) is 10.6 Å². The molecule has 0 saturated carbocycles. The molecule has 2 rings (SSSR count). The lowest BCUT2D eigenvalue weighted by Gasteiger charge is -2.21. The molecule has 1 aromatic carbocycles. The molecule has 3 N–H and O–H groups in total. The van der Waals surface area contributed by atoms with E-state index in [9.17, 15) is 9.90 Å². The zero-order chi connectivity index (χ0) is 15.3. The number of anilines is 1. The molecule has 1 aromatic heterocycles. The lowest BCUT2D eigenvalue weighted by atomic mass is 10.0. The Morgan fingerprint density at radius 1 is 1.33 bits per heavy atom. The highest BCUT2D eigenvalue weighted by molar-refractivity contribution is 7.98. The number of rotatable bonds is 5. The Labute approximate surface area is 127 Å². The number of hydrogen-bond acceptors (Lipinski definition) is 4. The number of hydrogen-bond donors (Lipinski definition) is 3. The SMILES string of the molecule is CSc1ccccc1NC(=O)NCC(C)(O)c1ccco1. The smallest absolute Gasteiger partial charge is 0.319 e. The van der Waals surface area contributed by atoms with Gasteiger partial charge in [-0.1, -0.05) is 12.1 Å². The minimum absolute atomic E-state index is 0.0494. The minimum Gasteiger partial charge on any atom is -0.466 e. The molecule has 6 heteroatoms. The molecule has 5 nitrogen and oxygen atoms in total. The van der Waals surface area contributed by atoms with Gasteiger partial charge in [0.2, 0.25) is 0 Å². The number of benzene rings is 1. The second-order valence-electron chi connectivity index (χ2n) is 4.76. The normalized spacial score (nSPS) is 13.5. The number of para-hydroxylation sites is 1. The molecule has 0 aliphatic heterocycles. The quantitative estimate of drug-likeness (QED) is 0.742. The van der Waals surface area contributed by atoms with E-state index in [0.29, 0.717) is 5.76 Å². The molecule has 2 amide bonds. The van der Waals surface area contributed by atoms with Crippen molar-refractivity contribution in [1.82, 2.24) is 5.32 Å². The highest BCUT2D eigenvalue weighted by atomic mass is 32.2. The van der Waals surface area contributed by atoms with Crippen LogP contribution in [0, 0.1) is 0 Å². The van der Waals surface area contributed by atoms with Crippen molar-refractivity contribution in [3.05, 3.63) is 48.4 Å². The zero-order valence-electron chi connectivity index (χ0n) is 11.9. The molecule has 0 saturated heterocycles. The van der Waals surface area contributed by atoms with Crippen molar-refractivity contribution in [3.63, 3.8) is 0 Å². The van der Waals surface area contributed by atoms with Crippen LogP contribution in [0.1, 0.15) is 12.7 Å². The van der Waals surface area contributed by atoms with Crippen LogP contribution in [0.3, 0.4) is 0 Å². The molecule has 0 aliphatic carbocycles. The summed E-state index contributed by atoms with van der Waals surface area (Å²) in [5, 5.41) is 15.7. The molecule has 0 aliphatic rings. The van der Waals surface area contributed by atoms with E-state index in [-0.39, 0.29) is 12.6 Å². The molecule has 0 spiro atoms. The molecule has 1 atom stereocenters. The number of aliphatic hydroxyl groups is 1. The van der Waals surface area contributed by atoms with Crippen molar-refractivity contribution in [3.8, 4) is 0 Å². The minimum atomic E-state index is -1.25. The van der Waals surface area contributed by atoms with Gasteiger partial charge in [0.25, 0.3) is 0 Å². The Kier molecular flexibility index (Phi) is 4.93. The van der Waals surface area contributed by atoms with Crippen molar-refractivity contribution < 1.29 is 14.3 Å². The zero-order valence-corrected chi connectivity index (χ0v) is 12.7. The van der Waals surface area contributed by atoms with Crippen molar-refractivity contribution in [2.24, 2.45) is 0 Å². The Morgan fingerprint density at radius 2 is 2.10 bits per heavy atom. The van der Waals surface area contributed by atoms with Gasteiger partial charge in [-0.3, -0.25) is 0 Å². The maximum atomic E-state index is 11.9. The van der Waals surface area contributed by atoms with E-state index >= 15 is 0 Å². The lowest BCUT2D eigenvalue weighted by Crippen LogP contribution is -2.40. The number of furan rings is 1. The average Bonchev–Trinajstić information content (AvgIpc) is 3.01. The maximum absolute atomic E-state index is 11.9. The number of carbonyl (C=O) groups excluding carboxylic acids is 1. The summed E-state index contributed by atoms with van der Waals surface area (Å²) in [5.41, 5.74) is -0.514. The first-order valence-electron chi connectivity index (χ1n) is 6.47. The molecular weight excluding hydrogens is 288 g/mol. The second-order valence-corrected chi connectivity index (χ2v) is 5.61. The van der Waals surface area contributed by atoms with E-state index in [1.54, 1.807) is 30.8 Å². The van der Waals surface area contributed by atoms with Gasteiger partial charge >= 0.3 is 6.03 Å². The van der Waals surface area contributed by atoms with Gasteiger partial charge in [-0.25, -0.2) is 4.79 Å². The molecule has 0 radical (unpaired) electrons. The largest absolute Gasteiger partial charge is 0.466 e. The van der Waals surface area contributed by atoms with Crippen LogP contribution in [0.5, 0.6) is 0 Å². The molecule has 1 heterocycles. The van der Waals surface area contributed by atoms with Crippen LogP contribution in [0.4, 0.5) is 10.5 Å². The first kappa shape index (κ1) is 15.5. The van der Waals surface area contributed by atoms with Gasteiger partial charge in [-0.05, 0) is 37.4 Å². The monoisotopic (exact) mass is 306 g/mol. The van der Waals surface area contributed by atoms with E-state index in [1.165, 1.54) is 6.26 Å². The highest BCUT2D eigenvalue weighted by Crippen LogP contribution is 2.24. The van der Waals surface area contributed by atoms with E-state index in [2.05, 4.69) is 10.6 Å². The summed E-state index contributed by atoms with van der Waals surface area (Å²) in [7, 11) is 0. The summed E-state index contributed by atoms with van der Waals surface area (Å²) in [6.45, 7) is 1.63. The first-order chi connectivity index (χ1) is 10.0. The van der Waals surface area contributed by atoms with Gasteiger partial charge in [-0.15, -0.1) is 11.8 Å². The summed E-state index contributed by atoms with van der Waals surface area (Å²) in [6, 6.07) is 10.5. The van der Waals surface area contributed by atoms with Crippen molar-refractivity contribution in [1.29, 1.82) is 0 Å².